The van der Waals surface area contributed by atoms with Gasteiger partial charge in [-0.25, -0.2) is 0 Å². The molecule has 0 atom stereocenters. The van der Waals surface area contributed by atoms with E-state index in [9.17, 15) is 14.4 Å². The monoisotopic (exact) mass is 381 g/mol. The molecule has 1 aromatic carbocycles. The fourth-order valence-corrected chi connectivity index (χ4v) is 3.17. The summed E-state index contributed by atoms with van der Waals surface area (Å²) in [5.41, 5.74) is 10.3. The van der Waals surface area contributed by atoms with E-state index in [1.807, 2.05) is 13.0 Å². The number of aromatic nitrogens is 1. The number of aromatic amines is 1. The summed E-state index contributed by atoms with van der Waals surface area (Å²) in [6.07, 6.45) is 1.98. The Morgan fingerprint density at radius 3 is 2.68 bits per heavy atom. The Morgan fingerprint density at radius 1 is 1.18 bits per heavy atom. The molecule has 0 radical (unpaired) electrons. The van der Waals surface area contributed by atoms with E-state index in [4.69, 9.17) is 5.73 Å². The first-order chi connectivity index (χ1) is 13.4. The molecular formula is C20H23N5O3. The predicted octanol–water partition coefficient (Wildman–Crippen LogP) is 1.47. The Labute approximate surface area is 162 Å². The Bertz CT molecular complexity index is 974. The minimum absolute atomic E-state index is 0.106. The van der Waals surface area contributed by atoms with Crippen molar-refractivity contribution in [1.82, 2.24) is 10.3 Å². The van der Waals surface area contributed by atoms with E-state index < -0.39 is 0 Å². The lowest BCUT2D eigenvalue weighted by Gasteiger charge is -2.07. The summed E-state index contributed by atoms with van der Waals surface area (Å²) < 4.78 is 0. The van der Waals surface area contributed by atoms with Gasteiger partial charge >= 0.3 is 0 Å². The van der Waals surface area contributed by atoms with Crippen LogP contribution in [0.5, 0.6) is 0 Å². The number of hydrogen-bond acceptors (Lipinski definition) is 4. The molecule has 0 unspecified atom stereocenters. The van der Waals surface area contributed by atoms with E-state index in [2.05, 4.69) is 20.9 Å². The molecule has 2 heterocycles. The molecule has 1 aliphatic heterocycles. The number of rotatable bonds is 6. The third-order valence-corrected chi connectivity index (χ3v) is 4.44. The van der Waals surface area contributed by atoms with Crippen molar-refractivity contribution in [1.29, 1.82) is 0 Å². The van der Waals surface area contributed by atoms with Crippen LogP contribution in [0.1, 0.15) is 30.7 Å². The van der Waals surface area contributed by atoms with E-state index in [1.165, 1.54) is 6.92 Å². The number of carbonyl (C=O) groups is 3. The molecule has 0 aliphatic carbocycles. The fraction of sp³-hybridized carbons (Fsp3) is 0.250. The molecule has 28 heavy (non-hydrogen) atoms. The minimum atomic E-state index is -0.204. The average molecular weight is 381 g/mol. The Balaban J connectivity index is 1.89. The molecule has 1 aromatic heterocycles. The maximum atomic E-state index is 12.5. The highest BCUT2D eigenvalue weighted by Gasteiger charge is 2.27. The SMILES string of the molecule is CC(=O)Nc1ccc2c(c1)/C(=C(\C)c1cc(CC(=O)NCCN)c[nH]1)C(=O)N2. The lowest BCUT2D eigenvalue weighted by Crippen LogP contribution is -2.30. The minimum Gasteiger partial charge on any atom is -0.361 e. The van der Waals surface area contributed by atoms with E-state index in [-0.39, 0.29) is 24.1 Å². The van der Waals surface area contributed by atoms with Crippen LogP contribution in [0.25, 0.3) is 11.1 Å². The molecule has 8 heteroatoms. The second-order valence-electron chi connectivity index (χ2n) is 6.63. The van der Waals surface area contributed by atoms with Crippen molar-refractivity contribution in [2.75, 3.05) is 23.7 Å². The molecule has 3 rings (SSSR count). The zero-order chi connectivity index (χ0) is 20.3. The number of benzene rings is 1. The summed E-state index contributed by atoms with van der Waals surface area (Å²) in [6, 6.07) is 7.14. The van der Waals surface area contributed by atoms with Crippen LogP contribution in [0.2, 0.25) is 0 Å². The fourth-order valence-electron chi connectivity index (χ4n) is 3.17. The van der Waals surface area contributed by atoms with Gasteiger partial charge in [-0.1, -0.05) is 0 Å². The second kappa shape index (κ2) is 8.10. The molecule has 3 amide bonds. The van der Waals surface area contributed by atoms with E-state index in [0.717, 1.165) is 22.4 Å². The van der Waals surface area contributed by atoms with Gasteiger partial charge in [0.15, 0.2) is 0 Å². The molecule has 2 aromatic rings. The van der Waals surface area contributed by atoms with Crippen LogP contribution in [0, 0.1) is 0 Å². The third-order valence-electron chi connectivity index (χ3n) is 4.44. The summed E-state index contributed by atoms with van der Waals surface area (Å²) in [6.45, 7) is 4.11. The predicted molar refractivity (Wildman–Crippen MR) is 108 cm³/mol. The van der Waals surface area contributed by atoms with Crippen LogP contribution in [-0.2, 0) is 20.8 Å². The maximum Gasteiger partial charge on any atom is 0.256 e. The molecule has 6 N–H and O–H groups in total. The van der Waals surface area contributed by atoms with Crippen LogP contribution in [0.4, 0.5) is 11.4 Å². The summed E-state index contributed by atoms with van der Waals surface area (Å²) >= 11 is 0. The Morgan fingerprint density at radius 2 is 1.96 bits per heavy atom. The van der Waals surface area contributed by atoms with Gasteiger partial charge in [-0.05, 0) is 42.3 Å². The normalized spacial score (nSPS) is 14.3. The van der Waals surface area contributed by atoms with E-state index in [0.29, 0.717) is 30.0 Å². The number of H-pyrrole nitrogens is 1. The van der Waals surface area contributed by atoms with Crippen molar-refractivity contribution in [2.45, 2.75) is 20.3 Å². The molecule has 8 nitrogen and oxygen atoms in total. The highest BCUT2D eigenvalue weighted by atomic mass is 16.2. The van der Waals surface area contributed by atoms with Crippen LogP contribution >= 0.6 is 0 Å². The number of anilines is 2. The van der Waals surface area contributed by atoms with Gasteiger partial charge in [0, 0.05) is 48.8 Å². The molecule has 0 saturated heterocycles. The van der Waals surface area contributed by atoms with Crippen molar-refractivity contribution in [2.24, 2.45) is 5.73 Å². The van der Waals surface area contributed by atoms with Crippen molar-refractivity contribution in [3.63, 3.8) is 0 Å². The van der Waals surface area contributed by atoms with Gasteiger partial charge in [0.05, 0.1) is 12.0 Å². The van der Waals surface area contributed by atoms with Crippen LogP contribution < -0.4 is 21.7 Å². The molecule has 0 saturated carbocycles. The lowest BCUT2D eigenvalue weighted by molar-refractivity contribution is -0.120. The van der Waals surface area contributed by atoms with Gasteiger partial charge in [-0.2, -0.15) is 0 Å². The van der Waals surface area contributed by atoms with Crippen LogP contribution in [-0.4, -0.2) is 35.8 Å². The standard InChI is InChI=1S/C20H23N5O3/c1-11(17-7-13(10-23-17)8-18(27)22-6-5-21)19-15-9-14(24-12(2)26)3-4-16(15)25-20(19)28/h3-4,7,9-10,23H,5-6,8,21H2,1-2H3,(H,22,27)(H,24,26)(H,25,28)/b19-11-. The lowest BCUT2D eigenvalue weighted by atomic mass is 9.99. The number of nitrogens with two attached hydrogens (primary N) is 1. The Hall–Kier alpha value is -3.39. The van der Waals surface area contributed by atoms with Crippen LogP contribution in [0.15, 0.2) is 30.5 Å². The highest BCUT2D eigenvalue weighted by molar-refractivity contribution is 6.36. The van der Waals surface area contributed by atoms with Gasteiger partial charge in [0.25, 0.3) is 5.91 Å². The van der Waals surface area contributed by atoms with Gasteiger partial charge < -0.3 is 26.7 Å². The van der Waals surface area contributed by atoms with E-state index in [1.54, 1.807) is 24.4 Å². The first-order valence-corrected chi connectivity index (χ1v) is 8.97. The molecular weight excluding hydrogens is 358 g/mol. The average Bonchev–Trinajstić information content (AvgIpc) is 3.22. The van der Waals surface area contributed by atoms with Crippen molar-refractivity contribution in [3.05, 3.63) is 47.3 Å². The molecule has 1 aliphatic rings. The zero-order valence-corrected chi connectivity index (χ0v) is 15.8. The van der Waals surface area contributed by atoms with Gasteiger partial charge in [-0.3, -0.25) is 14.4 Å². The molecule has 0 spiro atoms. The number of hydrogen-bond donors (Lipinski definition) is 5. The second-order valence-corrected chi connectivity index (χ2v) is 6.63. The maximum absolute atomic E-state index is 12.5. The largest absolute Gasteiger partial charge is 0.361 e. The first-order valence-electron chi connectivity index (χ1n) is 8.97. The number of allylic oxidation sites excluding steroid dienone is 1. The van der Waals surface area contributed by atoms with Crippen molar-refractivity contribution >= 4 is 40.2 Å². The summed E-state index contributed by atoms with van der Waals surface area (Å²) in [7, 11) is 0. The van der Waals surface area contributed by atoms with Gasteiger partial charge in [-0.15, -0.1) is 0 Å². The summed E-state index contributed by atoms with van der Waals surface area (Å²) in [4.78, 5) is 38.8. The molecule has 0 bridgehead atoms. The summed E-state index contributed by atoms with van der Waals surface area (Å²) in [5, 5.41) is 8.30. The quantitative estimate of drug-likeness (QED) is 0.485. The number of carbonyl (C=O) groups excluding carboxylic acids is 3. The van der Waals surface area contributed by atoms with E-state index >= 15 is 0 Å². The highest BCUT2D eigenvalue weighted by Crippen LogP contribution is 2.38. The van der Waals surface area contributed by atoms with Gasteiger partial charge in [0.1, 0.15) is 0 Å². The van der Waals surface area contributed by atoms with Crippen LogP contribution in [0.3, 0.4) is 0 Å². The summed E-state index contributed by atoms with van der Waals surface area (Å²) in [5.74, 6) is -0.490. The topological polar surface area (TPSA) is 129 Å². The van der Waals surface area contributed by atoms with Gasteiger partial charge in [0.2, 0.25) is 11.8 Å². The van der Waals surface area contributed by atoms with Crippen molar-refractivity contribution < 1.29 is 14.4 Å². The Kier molecular flexibility index (Phi) is 5.60. The first kappa shape index (κ1) is 19.4. The number of amides is 3. The molecule has 0 fully saturated rings. The smallest absolute Gasteiger partial charge is 0.256 e. The third kappa shape index (κ3) is 4.12. The zero-order valence-electron chi connectivity index (χ0n) is 15.8. The number of nitrogens with one attached hydrogen (secondary N) is 4. The van der Waals surface area contributed by atoms with Crippen molar-refractivity contribution in [3.8, 4) is 0 Å². The number of fused-ring (bicyclic) bond motifs is 1. The molecule has 146 valence electrons.